The van der Waals surface area contributed by atoms with Gasteiger partial charge in [0, 0.05) is 13.3 Å². The van der Waals surface area contributed by atoms with E-state index in [4.69, 9.17) is 4.74 Å². The monoisotopic (exact) mass is 327 g/mol. The van der Waals surface area contributed by atoms with Crippen molar-refractivity contribution in [1.82, 2.24) is 5.06 Å². The average molecular weight is 327 g/mol. The summed E-state index contributed by atoms with van der Waals surface area (Å²) < 4.78 is 5.77. The molecular formula is C20H25NO3. The summed E-state index contributed by atoms with van der Waals surface area (Å²) in [4.78, 5) is 11.5. The number of nitrogens with zero attached hydrogens (tertiary/aromatic N) is 1. The van der Waals surface area contributed by atoms with Crippen molar-refractivity contribution in [2.45, 2.75) is 33.2 Å². The molecular weight excluding hydrogens is 302 g/mol. The lowest BCUT2D eigenvalue weighted by Crippen LogP contribution is -2.32. The van der Waals surface area contributed by atoms with E-state index in [0.717, 1.165) is 22.8 Å². The number of hydrogen-bond acceptors (Lipinski definition) is 3. The summed E-state index contributed by atoms with van der Waals surface area (Å²) in [6.45, 7) is 5.91. The van der Waals surface area contributed by atoms with E-state index in [2.05, 4.69) is 12.1 Å². The zero-order chi connectivity index (χ0) is 17.5. The number of benzene rings is 2. The van der Waals surface area contributed by atoms with Crippen LogP contribution in [-0.4, -0.2) is 22.8 Å². The van der Waals surface area contributed by atoms with Gasteiger partial charge in [-0.3, -0.25) is 10.0 Å². The predicted octanol–water partition coefficient (Wildman–Crippen LogP) is 4.24. The fraction of sp³-hybridized carbons (Fsp3) is 0.350. The van der Waals surface area contributed by atoms with Crippen LogP contribution in [0.25, 0.3) is 0 Å². The van der Waals surface area contributed by atoms with Crippen LogP contribution in [0.2, 0.25) is 0 Å². The number of hydrogen-bond donors (Lipinski definition) is 1. The van der Waals surface area contributed by atoms with Gasteiger partial charge >= 0.3 is 0 Å². The zero-order valence-corrected chi connectivity index (χ0v) is 14.5. The summed E-state index contributed by atoms with van der Waals surface area (Å²) >= 11 is 0. The minimum atomic E-state index is -0.364. The van der Waals surface area contributed by atoms with Crippen LogP contribution in [0.4, 0.5) is 0 Å². The maximum Gasteiger partial charge on any atom is 0.243 e. The molecule has 1 atom stereocenters. The van der Waals surface area contributed by atoms with Crippen molar-refractivity contribution in [1.29, 1.82) is 0 Å². The van der Waals surface area contributed by atoms with E-state index >= 15 is 0 Å². The van der Waals surface area contributed by atoms with Crippen molar-refractivity contribution in [2.75, 3.05) is 6.61 Å². The zero-order valence-electron chi connectivity index (χ0n) is 14.5. The molecule has 24 heavy (non-hydrogen) atoms. The molecule has 0 radical (unpaired) electrons. The highest BCUT2D eigenvalue weighted by molar-refractivity contribution is 5.72. The SMILES string of the molecule is CC(=O)N(O)C(c1ccc(OCCc2ccccc2)cc1)C(C)C. The number of rotatable bonds is 7. The third-order valence-electron chi connectivity index (χ3n) is 3.94. The number of hydroxylamine groups is 2. The maximum absolute atomic E-state index is 11.5. The second-order valence-electron chi connectivity index (χ2n) is 6.21. The van der Waals surface area contributed by atoms with Crippen LogP contribution in [0.5, 0.6) is 5.75 Å². The molecule has 128 valence electrons. The second-order valence-corrected chi connectivity index (χ2v) is 6.21. The Labute approximate surface area is 143 Å². The van der Waals surface area contributed by atoms with E-state index in [9.17, 15) is 10.0 Å². The molecule has 0 aliphatic carbocycles. The van der Waals surface area contributed by atoms with E-state index in [0.29, 0.717) is 6.61 Å². The molecule has 1 unspecified atom stereocenters. The first kappa shape index (κ1) is 18.0. The van der Waals surface area contributed by atoms with E-state index in [-0.39, 0.29) is 17.9 Å². The molecule has 1 amide bonds. The highest BCUT2D eigenvalue weighted by Crippen LogP contribution is 2.28. The fourth-order valence-corrected chi connectivity index (χ4v) is 2.70. The van der Waals surface area contributed by atoms with Gasteiger partial charge in [0.15, 0.2) is 0 Å². The Hall–Kier alpha value is -2.33. The van der Waals surface area contributed by atoms with Crippen LogP contribution in [0.3, 0.4) is 0 Å². The Kier molecular flexibility index (Phi) is 6.38. The Morgan fingerprint density at radius 3 is 2.25 bits per heavy atom. The van der Waals surface area contributed by atoms with Crippen molar-refractivity contribution < 1.29 is 14.7 Å². The van der Waals surface area contributed by atoms with Gasteiger partial charge in [0.05, 0.1) is 12.6 Å². The van der Waals surface area contributed by atoms with E-state index in [1.807, 2.05) is 56.3 Å². The van der Waals surface area contributed by atoms with Gasteiger partial charge in [-0.1, -0.05) is 56.3 Å². The van der Waals surface area contributed by atoms with Crippen molar-refractivity contribution in [3.8, 4) is 5.75 Å². The molecule has 0 aromatic heterocycles. The van der Waals surface area contributed by atoms with Gasteiger partial charge in [0.1, 0.15) is 5.75 Å². The molecule has 0 aliphatic rings. The van der Waals surface area contributed by atoms with Crippen LogP contribution in [-0.2, 0) is 11.2 Å². The first-order chi connectivity index (χ1) is 11.5. The molecule has 0 bridgehead atoms. The van der Waals surface area contributed by atoms with Crippen molar-refractivity contribution in [3.05, 3.63) is 65.7 Å². The van der Waals surface area contributed by atoms with Gasteiger partial charge in [0.2, 0.25) is 5.91 Å². The van der Waals surface area contributed by atoms with Crippen molar-refractivity contribution >= 4 is 5.91 Å². The Balaban J connectivity index is 1.97. The molecule has 2 aromatic carbocycles. The predicted molar refractivity (Wildman–Crippen MR) is 94.0 cm³/mol. The first-order valence-electron chi connectivity index (χ1n) is 8.24. The van der Waals surface area contributed by atoms with Crippen LogP contribution in [0.1, 0.15) is 37.9 Å². The van der Waals surface area contributed by atoms with Crippen LogP contribution >= 0.6 is 0 Å². The fourth-order valence-electron chi connectivity index (χ4n) is 2.70. The average Bonchev–Trinajstić information content (AvgIpc) is 2.57. The Morgan fingerprint density at radius 2 is 1.71 bits per heavy atom. The molecule has 0 heterocycles. The third kappa shape index (κ3) is 4.83. The number of carbonyl (C=O) groups excluding carboxylic acids is 1. The second kappa shape index (κ2) is 8.50. The van der Waals surface area contributed by atoms with Crippen LogP contribution in [0.15, 0.2) is 54.6 Å². The van der Waals surface area contributed by atoms with Gasteiger partial charge in [-0.05, 0) is 29.2 Å². The minimum absolute atomic E-state index is 0.101. The molecule has 2 rings (SSSR count). The molecule has 4 heteroatoms. The lowest BCUT2D eigenvalue weighted by atomic mass is 9.95. The van der Waals surface area contributed by atoms with Gasteiger partial charge in [-0.25, -0.2) is 5.06 Å². The van der Waals surface area contributed by atoms with Gasteiger partial charge < -0.3 is 4.74 Å². The molecule has 0 saturated heterocycles. The molecule has 1 N–H and O–H groups in total. The molecule has 0 fully saturated rings. The minimum Gasteiger partial charge on any atom is -0.493 e. The maximum atomic E-state index is 11.5. The number of amides is 1. The quantitative estimate of drug-likeness (QED) is 0.611. The van der Waals surface area contributed by atoms with Crippen molar-refractivity contribution in [2.24, 2.45) is 5.92 Å². The van der Waals surface area contributed by atoms with Crippen LogP contribution < -0.4 is 4.74 Å². The Morgan fingerprint density at radius 1 is 1.08 bits per heavy atom. The normalized spacial score (nSPS) is 12.0. The summed E-state index contributed by atoms with van der Waals surface area (Å²) in [7, 11) is 0. The van der Waals surface area contributed by atoms with E-state index in [1.165, 1.54) is 12.5 Å². The third-order valence-corrected chi connectivity index (χ3v) is 3.94. The summed E-state index contributed by atoms with van der Waals surface area (Å²) in [6, 6.07) is 17.4. The number of ether oxygens (including phenoxy) is 1. The lowest BCUT2D eigenvalue weighted by Gasteiger charge is -2.28. The first-order valence-corrected chi connectivity index (χ1v) is 8.24. The summed E-state index contributed by atoms with van der Waals surface area (Å²) in [5.41, 5.74) is 2.13. The molecule has 2 aromatic rings. The highest BCUT2D eigenvalue weighted by Gasteiger charge is 2.24. The topological polar surface area (TPSA) is 49.8 Å². The summed E-state index contributed by atoms with van der Waals surface area (Å²) in [5.74, 6) is 0.519. The van der Waals surface area contributed by atoms with Gasteiger partial charge in [-0.15, -0.1) is 0 Å². The lowest BCUT2D eigenvalue weighted by molar-refractivity contribution is -0.178. The largest absolute Gasteiger partial charge is 0.493 e. The number of carbonyl (C=O) groups is 1. The van der Waals surface area contributed by atoms with Crippen LogP contribution in [0, 0.1) is 5.92 Å². The Bertz CT molecular complexity index is 638. The van der Waals surface area contributed by atoms with E-state index in [1.54, 1.807) is 0 Å². The molecule has 0 saturated carbocycles. The molecule has 0 aliphatic heterocycles. The van der Waals surface area contributed by atoms with Gasteiger partial charge in [0.25, 0.3) is 0 Å². The van der Waals surface area contributed by atoms with Gasteiger partial charge in [-0.2, -0.15) is 0 Å². The van der Waals surface area contributed by atoms with E-state index < -0.39 is 0 Å². The highest BCUT2D eigenvalue weighted by atomic mass is 16.5. The van der Waals surface area contributed by atoms with Crippen molar-refractivity contribution in [3.63, 3.8) is 0 Å². The molecule has 0 spiro atoms. The summed E-state index contributed by atoms with van der Waals surface area (Å²) in [6.07, 6.45) is 0.853. The standard InChI is InChI=1S/C20H25NO3/c1-15(2)20(21(23)16(3)22)18-9-11-19(12-10-18)24-14-13-17-7-5-4-6-8-17/h4-12,15,20,23H,13-14H2,1-3H3. The summed E-state index contributed by atoms with van der Waals surface area (Å²) in [5, 5.41) is 10.8. The molecule has 4 nitrogen and oxygen atoms in total. The smallest absolute Gasteiger partial charge is 0.243 e.